The fraction of sp³-hybridized carbons (Fsp3) is 0.148. The number of fused-ring (bicyclic) bond motifs is 1. The fourth-order valence-corrected chi connectivity index (χ4v) is 3.74. The number of nitrogens with one attached hydrogen (secondary N) is 4. The normalized spacial score (nSPS) is 11.4. The number of hydrogen-bond donors (Lipinski definition) is 4. The Balaban J connectivity index is 1.35. The van der Waals surface area contributed by atoms with Gasteiger partial charge in [-0.05, 0) is 24.3 Å². The van der Waals surface area contributed by atoms with Gasteiger partial charge >= 0.3 is 17.1 Å². The number of rotatable bonds is 5. The van der Waals surface area contributed by atoms with Crippen molar-refractivity contribution in [2.24, 2.45) is 0 Å². The van der Waals surface area contributed by atoms with Gasteiger partial charge in [-0.2, -0.15) is 5.10 Å². The quantitative estimate of drug-likeness (QED) is 0.243. The number of halogens is 1. The molecule has 198 valence electrons. The average Bonchev–Trinajstić information content (AvgIpc) is 3.32. The number of nitrogens with zero attached hydrogens (tertiary/aromatic N) is 3. The van der Waals surface area contributed by atoms with Crippen molar-refractivity contribution in [3.05, 3.63) is 99.1 Å². The summed E-state index contributed by atoms with van der Waals surface area (Å²) in [4.78, 5) is 44.8. The predicted octanol–water partition coefficient (Wildman–Crippen LogP) is 4.67. The van der Waals surface area contributed by atoms with Crippen LogP contribution in [0.4, 0.5) is 20.7 Å². The topological polar surface area (TPSA) is 147 Å². The standard InChI is InChI=1S/C27H24FN7O4/c1-27(2,3)20-14-21(35(34-20)15-7-5-4-6-8-15)31-26(38)30-18-10-9-16(13-17(18)28)39-19-11-12-29-23-22(19)32-24(36)25(37)33-23/h4-14H,1-3H3,(H,32,36)(H,29,33,37)(H2,30,31,38). The highest BCUT2D eigenvalue weighted by Gasteiger charge is 2.22. The third-order valence-corrected chi connectivity index (χ3v) is 5.73. The van der Waals surface area contributed by atoms with Crippen molar-refractivity contribution in [1.82, 2.24) is 24.7 Å². The summed E-state index contributed by atoms with van der Waals surface area (Å²) in [5, 5.41) is 9.90. The second-order valence-electron chi connectivity index (χ2n) is 9.68. The van der Waals surface area contributed by atoms with Crippen LogP contribution in [-0.2, 0) is 5.41 Å². The molecule has 0 unspecified atom stereocenters. The largest absolute Gasteiger partial charge is 0.455 e. The molecule has 0 atom stereocenters. The van der Waals surface area contributed by atoms with Crippen LogP contribution in [0.2, 0.25) is 0 Å². The van der Waals surface area contributed by atoms with E-state index in [1.54, 1.807) is 10.7 Å². The Morgan fingerprint density at radius 3 is 2.44 bits per heavy atom. The number of carbonyl (C=O) groups is 1. The summed E-state index contributed by atoms with van der Waals surface area (Å²) < 4.78 is 22.3. The highest BCUT2D eigenvalue weighted by atomic mass is 19.1. The van der Waals surface area contributed by atoms with Gasteiger partial charge in [-0.1, -0.05) is 39.0 Å². The van der Waals surface area contributed by atoms with Crippen LogP contribution in [0.1, 0.15) is 26.5 Å². The van der Waals surface area contributed by atoms with Crippen LogP contribution in [0.3, 0.4) is 0 Å². The Kier molecular flexibility index (Phi) is 6.44. The summed E-state index contributed by atoms with van der Waals surface area (Å²) in [5.74, 6) is -0.0968. The number of carbonyl (C=O) groups excluding carboxylic acids is 1. The molecular weight excluding hydrogens is 505 g/mol. The van der Waals surface area contributed by atoms with Crippen LogP contribution in [0.15, 0.2) is 76.4 Å². The smallest absolute Gasteiger partial charge is 0.324 e. The van der Waals surface area contributed by atoms with E-state index in [1.165, 1.54) is 24.4 Å². The van der Waals surface area contributed by atoms with E-state index >= 15 is 0 Å². The van der Waals surface area contributed by atoms with Crippen LogP contribution in [0.5, 0.6) is 11.5 Å². The molecule has 3 aromatic heterocycles. The fourth-order valence-electron chi connectivity index (χ4n) is 3.74. The lowest BCUT2D eigenvalue weighted by atomic mass is 9.92. The second kappa shape index (κ2) is 9.89. The number of anilines is 2. The maximum atomic E-state index is 14.9. The molecule has 0 radical (unpaired) electrons. The lowest BCUT2D eigenvalue weighted by Gasteiger charge is -2.14. The van der Waals surface area contributed by atoms with E-state index in [4.69, 9.17) is 4.74 Å². The Bertz CT molecular complexity index is 1800. The molecule has 11 nitrogen and oxygen atoms in total. The summed E-state index contributed by atoms with van der Waals surface area (Å²) in [7, 11) is 0. The zero-order valence-electron chi connectivity index (χ0n) is 21.2. The minimum absolute atomic E-state index is 0.0843. The summed E-state index contributed by atoms with van der Waals surface area (Å²) >= 11 is 0. The van der Waals surface area contributed by atoms with Crippen LogP contribution < -0.4 is 26.5 Å². The Morgan fingerprint density at radius 1 is 0.974 bits per heavy atom. The van der Waals surface area contributed by atoms with Crippen molar-refractivity contribution in [3.63, 3.8) is 0 Å². The maximum Gasteiger partial charge on any atom is 0.324 e. The number of aromatic nitrogens is 5. The number of amides is 2. The number of ether oxygens (including phenoxy) is 1. The first-order valence-electron chi connectivity index (χ1n) is 11.9. The first-order chi connectivity index (χ1) is 18.6. The summed E-state index contributed by atoms with van der Waals surface area (Å²) in [6, 6.07) is 15.8. The number of aromatic amines is 2. The number of urea groups is 1. The monoisotopic (exact) mass is 529 g/mol. The van der Waals surface area contributed by atoms with Gasteiger partial charge in [-0.3, -0.25) is 14.9 Å². The highest BCUT2D eigenvalue weighted by molar-refractivity contribution is 5.99. The molecule has 39 heavy (non-hydrogen) atoms. The lowest BCUT2D eigenvalue weighted by molar-refractivity contribution is 0.262. The molecular formula is C27H24FN7O4. The maximum absolute atomic E-state index is 14.9. The van der Waals surface area contributed by atoms with Crippen LogP contribution in [0.25, 0.3) is 16.9 Å². The molecule has 2 amide bonds. The van der Waals surface area contributed by atoms with Gasteiger partial charge in [0.05, 0.1) is 17.1 Å². The Labute approximate surface area is 220 Å². The van der Waals surface area contributed by atoms with Gasteiger partial charge in [0.15, 0.2) is 11.4 Å². The molecule has 0 aliphatic carbocycles. The highest BCUT2D eigenvalue weighted by Crippen LogP contribution is 2.29. The average molecular weight is 530 g/mol. The molecule has 2 aromatic carbocycles. The van der Waals surface area contributed by atoms with Gasteiger partial charge in [0.1, 0.15) is 22.9 Å². The van der Waals surface area contributed by atoms with Crippen molar-refractivity contribution in [2.45, 2.75) is 26.2 Å². The Morgan fingerprint density at radius 2 is 1.72 bits per heavy atom. The van der Waals surface area contributed by atoms with Gasteiger partial charge < -0.3 is 20.0 Å². The van der Waals surface area contributed by atoms with Crippen molar-refractivity contribution in [1.29, 1.82) is 0 Å². The zero-order valence-corrected chi connectivity index (χ0v) is 21.2. The minimum Gasteiger partial charge on any atom is -0.455 e. The number of H-pyrrole nitrogens is 2. The summed E-state index contributed by atoms with van der Waals surface area (Å²) in [6.45, 7) is 6.04. The molecule has 3 heterocycles. The zero-order chi connectivity index (χ0) is 27.7. The third kappa shape index (κ3) is 5.39. The van der Waals surface area contributed by atoms with E-state index in [1.807, 2.05) is 51.1 Å². The SMILES string of the molecule is CC(C)(C)c1cc(NC(=O)Nc2ccc(Oc3ccnc4[nH]c(=O)c(=O)[nH]c34)cc2F)n(-c2ccccc2)n1. The number of benzene rings is 2. The molecule has 5 rings (SSSR count). The van der Waals surface area contributed by atoms with E-state index in [0.29, 0.717) is 5.82 Å². The molecule has 0 aliphatic heterocycles. The van der Waals surface area contributed by atoms with Crippen LogP contribution in [-0.4, -0.2) is 30.8 Å². The molecule has 4 N–H and O–H groups in total. The van der Waals surface area contributed by atoms with Crippen molar-refractivity contribution in [3.8, 4) is 17.2 Å². The van der Waals surface area contributed by atoms with Gasteiger partial charge in [-0.25, -0.2) is 18.9 Å². The first-order valence-corrected chi connectivity index (χ1v) is 11.9. The van der Waals surface area contributed by atoms with E-state index in [0.717, 1.165) is 17.4 Å². The second-order valence-corrected chi connectivity index (χ2v) is 9.68. The van der Waals surface area contributed by atoms with E-state index in [-0.39, 0.29) is 33.8 Å². The Hall–Kier alpha value is -5.26. The van der Waals surface area contributed by atoms with Gasteiger partial charge in [0.2, 0.25) is 0 Å². The van der Waals surface area contributed by atoms with Crippen LogP contribution >= 0.6 is 0 Å². The van der Waals surface area contributed by atoms with Crippen molar-refractivity contribution in [2.75, 3.05) is 10.6 Å². The molecule has 0 spiro atoms. The number of pyridine rings is 1. The number of hydrogen-bond acceptors (Lipinski definition) is 6. The molecule has 0 saturated carbocycles. The van der Waals surface area contributed by atoms with Crippen molar-refractivity contribution >= 4 is 28.7 Å². The predicted molar refractivity (Wildman–Crippen MR) is 144 cm³/mol. The molecule has 5 aromatic rings. The molecule has 12 heteroatoms. The van der Waals surface area contributed by atoms with E-state index < -0.39 is 23.0 Å². The van der Waals surface area contributed by atoms with Crippen molar-refractivity contribution < 1.29 is 13.9 Å². The lowest BCUT2D eigenvalue weighted by Crippen LogP contribution is -2.29. The molecule has 0 saturated heterocycles. The summed E-state index contributed by atoms with van der Waals surface area (Å²) in [6.07, 6.45) is 1.37. The molecule has 0 bridgehead atoms. The van der Waals surface area contributed by atoms with E-state index in [9.17, 15) is 18.8 Å². The van der Waals surface area contributed by atoms with Gasteiger partial charge in [0, 0.05) is 29.8 Å². The number of para-hydroxylation sites is 1. The van der Waals surface area contributed by atoms with Crippen LogP contribution in [0, 0.1) is 5.82 Å². The third-order valence-electron chi connectivity index (χ3n) is 5.73. The van der Waals surface area contributed by atoms with Gasteiger partial charge in [-0.15, -0.1) is 0 Å². The molecule has 0 fully saturated rings. The minimum atomic E-state index is -0.875. The first kappa shape index (κ1) is 25.4. The summed E-state index contributed by atoms with van der Waals surface area (Å²) in [5.41, 5.74) is -0.302. The van der Waals surface area contributed by atoms with E-state index in [2.05, 4.69) is 30.7 Å². The molecule has 0 aliphatic rings. The van der Waals surface area contributed by atoms with Gasteiger partial charge in [0.25, 0.3) is 0 Å².